The molecule has 1 aromatic carbocycles. The van der Waals surface area contributed by atoms with Crippen LogP contribution >= 0.6 is 0 Å². The first kappa shape index (κ1) is 13.3. The molecule has 5 nitrogen and oxygen atoms in total. The van der Waals surface area contributed by atoms with Gasteiger partial charge in [0.1, 0.15) is 17.1 Å². The van der Waals surface area contributed by atoms with Gasteiger partial charge in [-0.05, 0) is 32.0 Å². The Hall–Kier alpha value is -2.11. The van der Waals surface area contributed by atoms with Crippen molar-refractivity contribution < 1.29 is 18.7 Å². The van der Waals surface area contributed by atoms with E-state index in [-0.39, 0.29) is 12.5 Å². The van der Waals surface area contributed by atoms with E-state index in [1.165, 1.54) is 25.3 Å². The molecule has 0 aromatic heterocycles. The molecule has 1 aromatic rings. The van der Waals surface area contributed by atoms with E-state index in [2.05, 4.69) is 5.32 Å². The van der Waals surface area contributed by atoms with Crippen LogP contribution in [-0.2, 0) is 11.3 Å². The Morgan fingerprint density at radius 3 is 2.58 bits per heavy atom. The molecule has 102 valence electrons. The summed E-state index contributed by atoms with van der Waals surface area (Å²) in [5, 5.41) is 2.57. The molecule has 2 rings (SSSR count). The molecule has 0 saturated carbocycles. The van der Waals surface area contributed by atoms with Crippen LogP contribution in [0, 0.1) is 5.82 Å². The lowest BCUT2D eigenvalue weighted by Crippen LogP contribution is -2.40. The van der Waals surface area contributed by atoms with Crippen LogP contribution < -0.4 is 10.1 Å². The number of hydrogen-bond acceptors (Lipinski definition) is 3. The average Bonchev–Trinajstić information content (AvgIpc) is 2.52. The number of nitrogens with one attached hydrogen (secondary N) is 1. The van der Waals surface area contributed by atoms with Crippen molar-refractivity contribution >= 4 is 11.9 Å². The Morgan fingerprint density at radius 2 is 2.05 bits per heavy atom. The van der Waals surface area contributed by atoms with Crippen molar-refractivity contribution in [1.82, 2.24) is 10.2 Å². The SMILES string of the molecule is COc1ccc(F)cc1CN1C(=O)NC(C)(C)C1=O. The second kappa shape index (κ2) is 4.53. The summed E-state index contributed by atoms with van der Waals surface area (Å²) in [5.74, 6) is -0.349. The van der Waals surface area contributed by atoms with Gasteiger partial charge in [0.05, 0.1) is 13.7 Å². The maximum atomic E-state index is 13.2. The summed E-state index contributed by atoms with van der Waals surface area (Å²) in [6, 6.07) is 3.50. The molecule has 0 spiro atoms. The number of nitrogens with zero attached hydrogens (tertiary/aromatic N) is 1. The summed E-state index contributed by atoms with van der Waals surface area (Å²) in [7, 11) is 1.45. The molecule has 0 radical (unpaired) electrons. The van der Waals surface area contributed by atoms with Crippen molar-refractivity contribution in [3.8, 4) is 5.75 Å². The van der Waals surface area contributed by atoms with Crippen LogP contribution in [0.4, 0.5) is 9.18 Å². The minimum Gasteiger partial charge on any atom is -0.496 e. The summed E-state index contributed by atoms with van der Waals surface area (Å²) in [4.78, 5) is 24.8. The van der Waals surface area contributed by atoms with Crippen LogP contribution in [0.3, 0.4) is 0 Å². The Bertz CT molecular complexity index is 543. The highest BCUT2D eigenvalue weighted by molar-refractivity contribution is 6.06. The van der Waals surface area contributed by atoms with Gasteiger partial charge in [-0.2, -0.15) is 0 Å². The van der Waals surface area contributed by atoms with Gasteiger partial charge in [0, 0.05) is 5.56 Å². The van der Waals surface area contributed by atoms with Crippen LogP contribution in [-0.4, -0.2) is 29.5 Å². The zero-order valence-corrected chi connectivity index (χ0v) is 11.0. The second-order valence-corrected chi connectivity index (χ2v) is 4.90. The fraction of sp³-hybridized carbons (Fsp3) is 0.385. The molecule has 1 fully saturated rings. The summed E-state index contributed by atoms with van der Waals surface area (Å²) >= 11 is 0. The average molecular weight is 266 g/mol. The molecule has 1 saturated heterocycles. The number of amides is 3. The molecule has 0 atom stereocenters. The first-order chi connectivity index (χ1) is 8.85. The Balaban J connectivity index is 2.29. The van der Waals surface area contributed by atoms with Crippen LogP contribution in [0.1, 0.15) is 19.4 Å². The summed E-state index contributed by atoms with van der Waals surface area (Å²) < 4.78 is 18.3. The quantitative estimate of drug-likeness (QED) is 0.846. The molecule has 6 heteroatoms. The summed E-state index contributed by atoms with van der Waals surface area (Å²) in [5.41, 5.74) is -0.485. The van der Waals surface area contributed by atoms with Gasteiger partial charge in [0.25, 0.3) is 5.91 Å². The molecule has 0 aliphatic carbocycles. The Kier molecular flexibility index (Phi) is 3.18. The minimum absolute atomic E-state index is 0.0188. The fourth-order valence-electron chi connectivity index (χ4n) is 2.00. The molecule has 0 bridgehead atoms. The predicted octanol–water partition coefficient (Wildman–Crippen LogP) is 1.66. The fourth-order valence-corrected chi connectivity index (χ4v) is 2.00. The van der Waals surface area contributed by atoms with Crippen LogP contribution in [0.25, 0.3) is 0 Å². The van der Waals surface area contributed by atoms with Gasteiger partial charge in [-0.1, -0.05) is 0 Å². The number of halogens is 1. The lowest BCUT2D eigenvalue weighted by Gasteiger charge is -2.17. The van der Waals surface area contributed by atoms with Gasteiger partial charge >= 0.3 is 6.03 Å². The smallest absolute Gasteiger partial charge is 0.325 e. The number of carbonyl (C=O) groups excluding carboxylic acids is 2. The lowest BCUT2D eigenvalue weighted by atomic mass is 10.1. The number of benzene rings is 1. The molecule has 1 aliphatic heterocycles. The summed E-state index contributed by atoms with van der Waals surface area (Å²) in [6.07, 6.45) is 0. The van der Waals surface area contributed by atoms with Crippen molar-refractivity contribution in [1.29, 1.82) is 0 Å². The molecule has 1 N–H and O–H groups in total. The summed E-state index contributed by atoms with van der Waals surface area (Å²) in [6.45, 7) is 3.22. The second-order valence-electron chi connectivity index (χ2n) is 4.90. The predicted molar refractivity (Wildman–Crippen MR) is 66.1 cm³/mol. The normalized spacial score (nSPS) is 17.6. The van der Waals surface area contributed by atoms with Crippen molar-refractivity contribution in [2.45, 2.75) is 25.9 Å². The molecule has 0 unspecified atom stereocenters. The van der Waals surface area contributed by atoms with Crippen molar-refractivity contribution in [2.75, 3.05) is 7.11 Å². The Labute approximate surface area is 110 Å². The molecule has 19 heavy (non-hydrogen) atoms. The number of carbonyl (C=O) groups is 2. The van der Waals surface area contributed by atoms with E-state index < -0.39 is 17.4 Å². The third kappa shape index (κ3) is 2.38. The highest BCUT2D eigenvalue weighted by Gasteiger charge is 2.44. The van der Waals surface area contributed by atoms with Crippen LogP contribution in [0.5, 0.6) is 5.75 Å². The van der Waals surface area contributed by atoms with E-state index in [1.807, 2.05) is 0 Å². The topological polar surface area (TPSA) is 58.6 Å². The largest absolute Gasteiger partial charge is 0.496 e. The van der Waals surface area contributed by atoms with Crippen LogP contribution in [0.15, 0.2) is 18.2 Å². The minimum atomic E-state index is -0.933. The van der Waals surface area contributed by atoms with E-state index in [1.54, 1.807) is 13.8 Å². The molecular formula is C13H15FN2O3. The van der Waals surface area contributed by atoms with Crippen molar-refractivity contribution in [3.05, 3.63) is 29.6 Å². The van der Waals surface area contributed by atoms with Gasteiger partial charge in [-0.15, -0.1) is 0 Å². The monoisotopic (exact) mass is 266 g/mol. The van der Waals surface area contributed by atoms with E-state index in [9.17, 15) is 14.0 Å². The van der Waals surface area contributed by atoms with E-state index in [0.29, 0.717) is 11.3 Å². The number of methoxy groups -OCH3 is 1. The van der Waals surface area contributed by atoms with Gasteiger partial charge in [0.2, 0.25) is 0 Å². The standard InChI is InChI=1S/C13H15FN2O3/c1-13(2)11(17)16(12(18)15-13)7-8-6-9(14)4-5-10(8)19-3/h4-6H,7H2,1-3H3,(H,15,18). The Morgan fingerprint density at radius 1 is 1.37 bits per heavy atom. The van der Waals surface area contributed by atoms with E-state index in [4.69, 9.17) is 4.74 Å². The zero-order chi connectivity index (χ0) is 14.2. The van der Waals surface area contributed by atoms with Gasteiger partial charge < -0.3 is 10.1 Å². The van der Waals surface area contributed by atoms with Crippen molar-refractivity contribution in [2.24, 2.45) is 0 Å². The highest BCUT2D eigenvalue weighted by atomic mass is 19.1. The van der Waals surface area contributed by atoms with E-state index in [0.717, 1.165) is 4.90 Å². The van der Waals surface area contributed by atoms with Crippen LogP contribution in [0.2, 0.25) is 0 Å². The third-order valence-electron chi connectivity index (χ3n) is 3.02. The van der Waals surface area contributed by atoms with Gasteiger partial charge in [0.15, 0.2) is 0 Å². The first-order valence-electron chi connectivity index (χ1n) is 5.81. The highest BCUT2D eigenvalue weighted by Crippen LogP contribution is 2.25. The first-order valence-corrected chi connectivity index (χ1v) is 5.81. The van der Waals surface area contributed by atoms with Gasteiger partial charge in [-0.25, -0.2) is 9.18 Å². The molecule has 3 amide bonds. The molecule has 1 heterocycles. The number of hydrogen-bond donors (Lipinski definition) is 1. The lowest BCUT2D eigenvalue weighted by molar-refractivity contribution is -0.130. The maximum Gasteiger partial charge on any atom is 0.325 e. The van der Waals surface area contributed by atoms with E-state index >= 15 is 0 Å². The molecular weight excluding hydrogens is 251 g/mol. The molecule has 1 aliphatic rings. The number of rotatable bonds is 3. The third-order valence-corrected chi connectivity index (χ3v) is 3.02. The number of imide groups is 1. The zero-order valence-electron chi connectivity index (χ0n) is 11.0. The maximum absolute atomic E-state index is 13.2. The number of urea groups is 1. The van der Waals surface area contributed by atoms with Crippen molar-refractivity contribution in [3.63, 3.8) is 0 Å². The number of ether oxygens (including phenoxy) is 1. The van der Waals surface area contributed by atoms with Gasteiger partial charge in [-0.3, -0.25) is 9.69 Å².